The van der Waals surface area contributed by atoms with Crippen molar-refractivity contribution in [2.45, 2.75) is 13.3 Å². The van der Waals surface area contributed by atoms with E-state index in [0.717, 1.165) is 11.1 Å². The summed E-state index contributed by atoms with van der Waals surface area (Å²) in [5.74, 6) is -1.38. The first-order valence-electron chi connectivity index (χ1n) is 7.05. The monoisotopic (exact) mass is 350 g/mol. The fraction of sp³-hybridized carbons (Fsp3) is 0.176. The number of nitrogens with one attached hydrogen (secondary N) is 2. The molecule has 2 aromatic rings. The zero-order valence-corrected chi connectivity index (χ0v) is 14.0. The van der Waals surface area contributed by atoms with E-state index in [4.69, 9.17) is 23.2 Å². The maximum atomic E-state index is 11.8. The van der Waals surface area contributed by atoms with Gasteiger partial charge in [0.2, 0.25) is 0 Å². The summed E-state index contributed by atoms with van der Waals surface area (Å²) < 4.78 is 0. The highest BCUT2D eigenvalue weighted by Crippen LogP contribution is 2.21. The normalized spacial score (nSPS) is 10.2. The third-order valence-corrected chi connectivity index (χ3v) is 3.76. The molecule has 0 aromatic heterocycles. The smallest absolute Gasteiger partial charge is 0.313 e. The fourth-order valence-corrected chi connectivity index (χ4v) is 2.53. The van der Waals surface area contributed by atoms with E-state index >= 15 is 0 Å². The van der Waals surface area contributed by atoms with Gasteiger partial charge < -0.3 is 10.6 Å². The van der Waals surface area contributed by atoms with E-state index in [1.54, 1.807) is 30.3 Å². The zero-order valence-electron chi connectivity index (χ0n) is 12.5. The number of carbonyl (C=O) groups is 2. The second-order valence-electron chi connectivity index (χ2n) is 5.07. The minimum absolute atomic E-state index is 0.307. The van der Waals surface area contributed by atoms with Crippen molar-refractivity contribution in [2.24, 2.45) is 0 Å². The van der Waals surface area contributed by atoms with Crippen LogP contribution in [-0.4, -0.2) is 18.4 Å². The lowest BCUT2D eigenvalue weighted by Gasteiger charge is -2.08. The second kappa shape index (κ2) is 7.99. The number of amides is 2. The minimum Gasteiger partial charge on any atom is -0.347 e. The molecule has 0 atom stereocenters. The molecule has 0 heterocycles. The molecule has 0 radical (unpaired) electrons. The Hall–Kier alpha value is -2.04. The largest absolute Gasteiger partial charge is 0.347 e. The summed E-state index contributed by atoms with van der Waals surface area (Å²) >= 11 is 11.9. The maximum Gasteiger partial charge on any atom is 0.313 e. The summed E-state index contributed by atoms with van der Waals surface area (Å²) in [6.45, 7) is 2.22. The molecule has 2 amide bonds. The van der Waals surface area contributed by atoms with Gasteiger partial charge in [-0.15, -0.1) is 0 Å². The standard InChI is InChI=1S/C17H16Cl2N2O2/c1-11-3-2-4-14(9-11)21-17(23)16(22)20-8-7-12-5-6-13(18)10-15(12)19/h2-6,9-10H,7-8H2,1H3,(H,20,22)(H,21,23). The van der Waals surface area contributed by atoms with Crippen molar-refractivity contribution in [1.29, 1.82) is 0 Å². The van der Waals surface area contributed by atoms with Crippen LogP contribution in [0, 0.1) is 6.92 Å². The predicted molar refractivity (Wildman–Crippen MR) is 93.0 cm³/mol. The highest BCUT2D eigenvalue weighted by molar-refractivity contribution is 6.39. The number of rotatable bonds is 4. The van der Waals surface area contributed by atoms with Crippen LogP contribution in [0.3, 0.4) is 0 Å². The molecule has 0 spiro atoms. The van der Waals surface area contributed by atoms with Crippen molar-refractivity contribution >= 4 is 40.7 Å². The molecule has 0 unspecified atom stereocenters. The first-order valence-corrected chi connectivity index (χ1v) is 7.81. The second-order valence-corrected chi connectivity index (χ2v) is 5.91. The fourth-order valence-electron chi connectivity index (χ4n) is 2.03. The number of benzene rings is 2. The van der Waals surface area contributed by atoms with Crippen LogP contribution >= 0.6 is 23.2 Å². The highest BCUT2D eigenvalue weighted by Gasteiger charge is 2.13. The molecule has 2 rings (SSSR count). The molecule has 120 valence electrons. The van der Waals surface area contributed by atoms with E-state index in [1.807, 2.05) is 19.1 Å². The van der Waals surface area contributed by atoms with Crippen molar-refractivity contribution in [3.05, 3.63) is 63.6 Å². The summed E-state index contributed by atoms with van der Waals surface area (Å²) in [6.07, 6.45) is 0.513. The molecule has 0 aliphatic carbocycles. The van der Waals surface area contributed by atoms with Crippen LogP contribution in [0.15, 0.2) is 42.5 Å². The van der Waals surface area contributed by atoms with E-state index in [9.17, 15) is 9.59 Å². The Bertz CT molecular complexity index is 732. The first-order chi connectivity index (χ1) is 11.0. The van der Waals surface area contributed by atoms with Crippen molar-refractivity contribution in [2.75, 3.05) is 11.9 Å². The third kappa shape index (κ3) is 5.27. The molecule has 6 heteroatoms. The summed E-state index contributed by atoms with van der Waals surface area (Å²) in [6, 6.07) is 12.4. The number of aryl methyl sites for hydroxylation is 1. The minimum atomic E-state index is -0.696. The van der Waals surface area contributed by atoms with Gasteiger partial charge in [0.1, 0.15) is 0 Å². The number of hydrogen-bond donors (Lipinski definition) is 2. The molecule has 4 nitrogen and oxygen atoms in total. The topological polar surface area (TPSA) is 58.2 Å². The van der Waals surface area contributed by atoms with Crippen LogP contribution in [0.4, 0.5) is 5.69 Å². The van der Waals surface area contributed by atoms with Gasteiger partial charge in [-0.25, -0.2) is 0 Å². The third-order valence-electron chi connectivity index (χ3n) is 3.18. The van der Waals surface area contributed by atoms with Crippen LogP contribution in [0.5, 0.6) is 0 Å². The van der Waals surface area contributed by atoms with Crippen molar-refractivity contribution < 1.29 is 9.59 Å². The predicted octanol–water partition coefficient (Wildman–Crippen LogP) is 3.60. The Morgan fingerprint density at radius 1 is 1.04 bits per heavy atom. The van der Waals surface area contributed by atoms with Gasteiger partial charge in [0, 0.05) is 22.3 Å². The lowest BCUT2D eigenvalue weighted by atomic mass is 10.1. The molecule has 0 saturated heterocycles. The Balaban J connectivity index is 1.83. The summed E-state index contributed by atoms with van der Waals surface area (Å²) in [5.41, 5.74) is 2.45. The molecular formula is C17H16Cl2N2O2. The molecule has 0 fully saturated rings. The molecule has 0 aliphatic rings. The Morgan fingerprint density at radius 2 is 1.83 bits per heavy atom. The van der Waals surface area contributed by atoms with Crippen molar-refractivity contribution in [3.8, 4) is 0 Å². The van der Waals surface area contributed by atoms with Gasteiger partial charge in [0.25, 0.3) is 0 Å². The number of hydrogen-bond acceptors (Lipinski definition) is 2. The van der Waals surface area contributed by atoms with E-state index in [0.29, 0.717) is 28.7 Å². The van der Waals surface area contributed by atoms with Crippen LogP contribution in [0.2, 0.25) is 10.0 Å². The molecule has 2 aromatic carbocycles. The van der Waals surface area contributed by atoms with Gasteiger partial charge in [-0.1, -0.05) is 41.4 Å². The van der Waals surface area contributed by atoms with Crippen molar-refractivity contribution in [1.82, 2.24) is 5.32 Å². The maximum absolute atomic E-state index is 11.8. The SMILES string of the molecule is Cc1cccc(NC(=O)C(=O)NCCc2ccc(Cl)cc2Cl)c1. The average molecular weight is 351 g/mol. The number of carbonyl (C=O) groups excluding carboxylic acids is 2. The summed E-state index contributed by atoms with van der Waals surface area (Å²) in [4.78, 5) is 23.6. The van der Waals surface area contributed by atoms with Gasteiger partial charge in [0.15, 0.2) is 0 Å². The van der Waals surface area contributed by atoms with Crippen LogP contribution < -0.4 is 10.6 Å². The average Bonchev–Trinajstić information content (AvgIpc) is 2.49. The number of anilines is 1. The molecule has 0 saturated carbocycles. The van der Waals surface area contributed by atoms with E-state index in [2.05, 4.69) is 10.6 Å². The quantitative estimate of drug-likeness (QED) is 0.827. The Kier molecular flexibility index (Phi) is 6.02. The van der Waals surface area contributed by atoms with Crippen molar-refractivity contribution in [3.63, 3.8) is 0 Å². The lowest BCUT2D eigenvalue weighted by molar-refractivity contribution is -0.136. The summed E-state index contributed by atoms with van der Waals surface area (Å²) in [7, 11) is 0. The van der Waals surface area contributed by atoms with Gasteiger partial charge in [-0.2, -0.15) is 0 Å². The molecule has 0 bridgehead atoms. The molecular weight excluding hydrogens is 335 g/mol. The van der Waals surface area contributed by atoms with Crippen LogP contribution in [0.25, 0.3) is 0 Å². The number of halogens is 2. The molecule has 23 heavy (non-hydrogen) atoms. The lowest BCUT2D eigenvalue weighted by Crippen LogP contribution is -2.36. The molecule has 0 aliphatic heterocycles. The van der Waals surface area contributed by atoms with E-state index in [1.165, 1.54) is 0 Å². The van der Waals surface area contributed by atoms with Gasteiger partial charge in [-0.3, -0.25) is 9.59 Å². The van der Waals surface area contributed by atoms with Gasteiger partial charge in [0.05, 0.1) is 0 Å². The Labute approximate surface area is 144 Å². The summed E-state index contributed by atoms with van der Waals surface area (Å²) in [5, 5.41) is 6.21. The first kappa shape index (κ1) is 17.3. The zero-order chi connectivity index (χ0) is 16.8. The highest BCUT2D eigenvalue weighted by atomic mass is 35.5. The van der Waals surface area contributed by atoms with Gasteiger partial charge >= 0.3 is 11.8 Å². The van der Waals surface area contributed by atoms with E-state index < -0.39 is 11.8 Å². The molecule has 2 N–H and O–H groups in total. The van der Waals surface area contributed by atoms with Crippen LogP contribution in [0.1, 0.15) is 11.1 Å². The van der Waals surface area contributed by atoms with E-state index in [-0.39, 0.29) is 0 Å². The van der Waals surface area contributed by atoms with Crippen LogP contribution in [-0.2, 0) is 16.0 Å². The Morgan fingerprint density at radius 3 is 2.52 bits per heavy atom. The van der Waals surface area contributed by atoms with Gasteiger partial charge in [-0.05, 0) is 48.7 Å².